The van der Waals surface area contributed by atoms with E-state index in [1.165, 1.54) is 24.3 Å². The molecule has 1 heterocycles. The highest BCUT2D eigenvalue weighted by Gasteiger charge is 2.27. The first-order valence-corrected chi connectivity index (χ1v) is 8.88. The van der Waals surface area contributed by atoms with Gasteiger partial charge < -0.3 is 5.11 Å². The number of carboxylic acids is 1. The Morgan fingerprint density at radius 2 is 2.00 bits per heavy atom. The standard InChI is InChI=1S/C15H22N2O4S/c1-11(2)17-9-3-4-13(17)10-16-22(20,21)14-7-5-12(6-8-14)15(18)19/h5-8,11,13,16H,3-4,9-10H2,1-2H3,(H,18,19)/t13-/m0/s1. The Morgan fingerprint density at radius 1 is 1.36 bits per heavy atom. The van der Waals surface area contributed by atoms with Crippen molar-refractivity contribution in [2.45, 2.75) is 43.7 Å². The minimum atomic E-state index is -3.61. The zero-order valence-electron chi connectivity index (χ0n) is 12.8. The van der Waals surface area contributed by atoms with Crippen molar-refractivity contribution in [3.05, 3.63) is 29.8 Å². The van der Waals surface area contributed by atoms with Gasteiger partial charge in [0.2, 0.25) is 10.0 Å². The fourth-order valence-corrected chi connectivity index (χ4v) is 3.90. The molecule has 1 atom stereocenters. The lowest BCUT2D eigenvalue weighted by atomic mass is 10.2. The predicted molar refractivity (Wildman–Crippen MR) is 83.5 cm³/mol. The van der Waals surface area contributed by atoms with Crippen LogP contribution in [0.15, 0.2) is 29.2 Å². The summed E-state index contributed by atoms with van der Waals surface area (Å²) in [4.78, 5) is 13.2. The van der Waals surface area contributed by atoms with Crippen molar-refractivity contribution in [1.29, 1.82) is 0 Å². The van der Waals surface area contributed by atoms with E-state index in [0.29, 0.717) is 12.6 Å². The largest absolute Gasteiger partial charge is 0.478 e. The number of hydrogen-bond donors (Lipinski definition) is 2. The Morgan fingerprint density at radius 3 is 2.55 bits per heavy atom. The van der Waals surface area contributed by atoms with Crippen LogP contribution in [0.5, 0.6) is 0 Å². The van der Waals surface area contributed by atoms with Gasteiger partial charge in [-0.3, -0.25) is 4.90 Å². The van der Waals surface area contributed by atoms with Crippen LogP contribution in [0.4, 0.5) is 0 Å². The normalized spacial score (nSPS) is 19.7. The molecular formula is C15H22N2O4S. The summed E-state index contributed by atoms with van der Waals surface area (Å²) < 4.78 is 27.2. The Hall–Kier alpha value is -1.44. The molecular weight excluding hydrogens is 304 g/mol. The van der Waals surface area contributed by atoms with Crippen LogP contribution in [0, 0.1) is 0 Å². The molecule has 2 rings (SSSR count). The van der Waals surface area contributed by atoms with Crippen LogP contribution in [-0.4, -0.2) is 49.6 Å². The molecule has 1 fully saturated rings. The van der Waals surface area contributed by atoms with Gasteiger partial charge >= 0.3 is 5.97 Å². The van der Waals surface area contributed by atoms with Gasteiger partial charge in [0, 0.05) is 18.6 Å². The van der Waals surface area contributed by atoms with Crippen LogP contribution in [0.3, 0.4) is 0 Å². The average Bonchev–Trinajstić information content (AvgIpc) is 2.94. The zero-order chi connectivity index (χ0) is 16.3. The van der Waals surface area contributed by atoms with Gasteiger partial charge in [-0.2, -0.15) is 0 Å². The third kappa shape index (κ3) is 3.85. The second-order valence-corrected chi connectivity index (χ2v) is 7.58. The number of benzene rings is 1. The summed E-state index contributed by atoms with van der Waals surface area (Å²) in [7, 11) is -3.61. The molecule has 122 valence electrons. The van der Waals surface area contributed by atoms with Gasteiger partial charge in [0.15, 0.2) is 0 Å². The Balaban J connectivity index is 2.03. The van der Waals surface area contributed by atoms with Crippen LogP contribution >= 0.6 is 0 Å². The molecule has 0 amide bonds. The summed E-state index contributed by atoms with van der Waals surface area (Å²) in [6, 6.07) is 5.85. The first kappa shape index (κ1) is 16.9. The third-order valence-electron chi connectivity index (χ3n) is 4.01. The summed E-state index contributed by atoms with van der Waals surface area (Å²) in [5.41, 5.74) is 0.0701. The highest BCUT2D eigenvalue weighted by molar-refractivity contribution is 7.89. The number of nitrogens with one attached hydrogen (secondary N) is 1. The van der Waals surface area contributed by atoms with Crippen LogP contribution < -0.4 is 4.72 Å². The van der Waals surface area contributed by atoms with Crippen LogP contribution in [0.25, 0.3) is 0 Å². The van der Waals surface area contributed by atoms with Gasteiger partial charge in [-0.25, -0.2) is 17.9 Å². The molecule has 0 bridgehead atoms. The van der Waals surface area contributed by atoms with Gasteiger partial charge in [0.25, 0.3) is 0 Å². The molecule has 1 aliphatic heterocycles. The molecule has 1 aliphatic rings. The number of carbonyl (C=O) groups is 1. The number of likely N-dealkylation sites (tertiary alicyclic amines) is 1. The van der Waals surface area contributed by atoms with Gasteiger partial charge in [-0.05, 0) is 57.5 Å². The molecule has 6 nitrogen and oxygen atoms in total. The van der Waals surface area contributed by atoms with Gasteiger partial charge in [-0.1, -0.05) is 0 Å². The number of rotatable bonds is 6. The average molecular weight is 326 g/mol. The summed E-state index contributed by atoms with van der Waals surface area (Å²) in [6.45, 7) is 5.59. The molecule has 0 aliphatic carbocycles. The number of carboxylic acid groups (broad SMARTS) is 1. The van der Waals surface area contributed by atoms with Crippen molar-refractivity contribution < 1.29 is 18.3 Å². The van der Waals surface area contributed by atoms with Crippen LogP contribution in [-0.2, 0) is 10.0 Å². The molecule has 1 saturated heterocycles. The summed E-state index contributed by atoms with van der Waals surface area (Å²) in [6.07, 6.45) is 2.07. The molecule has 0 unspecified atom stereocenters. The van der Waals surface area contributed by atoms with E-state index in [9.17, 15) is 13.2 Å². The molecule has 1 aromatic carbocycles. The van der Waals surface area contributed by atoms with Crippen molar-refractivity contribution in [2.24, 2.45) is 0 Å². The lowest BCUT2D eigenvalue weighted by Crippen LogP contribution is -2.43. The SMILES string of the molecule is CC(C)N1CCC[C@H]1CNS(=O)(=O)c1ccc(C(=O)O)cc1. The minimum Gasteiger partial charge on any atom is -0.478 e. The molecule has 0 radical (unpaired) electrons. The summed E-state index contributed by atoms with van der Waals surface area (Å²) >= 11 is 0. The molecule has 22 heavy (non-hydrogen) atoms. The van der Waals surface area contributed by atoms with Gasteiger partial charge in [-0.15, -0.1) is 0 Å². The van der Waals surface area contributed by atoms with E-state index in [4.69, 9.17) is 5.11 Å². The quantitative estimate of drug-likeness (QED) is 0.828. The van der Waals surface area contributed by atoms with Crippen LogP contribution in [0.2, 0.25) is 0 Å². The highest BCUT2D eigenvalue weighted by atomic mass is 32.2. The van der Waals surface area contributed by atoms with Gasteiger partial charge in [0.05, 0.1) is 10.5 Å². The predicted octanol–water partition coefficient (Wildman–Crippen LogP) is 1.54. The minimum absolute atomic E-state index is 0.0701. The van der Waals surface area contributed by atoms with Crippen molar-refractivity contribution in [3.8, 4) is 0 Å². The number of hydrogen-bond acceptors (Lipinski definition) is 4. The lowest BCUT2D eigenvalue weighted by molar-refractivity contribution is 0.0696. The maximum absolute atomic E-state index is 12.3. The number of aromatic carboxylic acids is 1. The summed E-state index contributed by atoms with van der Waals surface area (Å²) in [5.74, 6) is -1.07. The molecule has 0 spiro atoms. The Labute approximate surface area is 131 Å². The first-order chi connectivity index (χ1) is 10.3. The third-order valence-corrected chi connectivity index (χ3v) is 5.45. The van der Waals surface area contributed by atoms with E-state index in [2.05, 4.69) is 23.5 Å². The molecule has 1 aromatic rings. The number of sulfonamides is 1. The zero-order valence-corrected chi connectivity index (χ0v) is 13.6. The van der Waals surface area contributed by atoms with E-state index < -0.39 is 16.0 Å². The Kier molecular flexibility index (Phi) is 5.20. The van der Waals surface area contributed by atoms with Crippen molar-refractivity contribution in [1.82, 2.24) is 9.62 Å². The smallest absolute Gasteiger partial charge is 0.335 e. The molecule has 0 saturated carbocycles. The fraction of sp³-hybridized carbons (Fsp3) is 0.533. The molecule has 0 aromatic heterocycles. The first-order valence-electron chi connectivity index (χ1n) is 7.40. The van der Waals surface area contributed by atoms with Gasteiger partial charge in [0.1, 0.15) is 0 Å². The summed E-state index contributed by atoms with van der Waals surface area (Å²) in [5, 5.41) is 8.84. The monoisotopic (exact) mass is 326 g/mol. The van der Waals surface area contributed by atoms with E-state index in [1.54, 1.807) is 0 Å². The number of nitrogens with zero attached hydrogens (tertiary/aromatic N) is 1. The van der Waals surface area contributed by atoms with E-state index in [-0.39, 0.29) is 16.5 Å². The second-order valence-electron chi connectivity index (χ2n) is 5.81. The maximum Gasteiger partial charge on any atom is 0.335 e. The fourth-order valence-electron chi connectivity index (χ4n) is 2.82. The van der Waals surface area contributed by atoms with E-state index in [1.807, 2.05) is 0 Å². The highest BCUT2D eigenvalue weighted by Crippen LogP contribution is 2.20. The van der Waals surface area contributed by atoms with Crippen molar-refractivity contribution in [2.75, 3.05) is 13.1 Å². The maximum atomic E-state index is 12.3. The van der Waals surface area contributed by atoms with Crippen molar-refractivity contribution >= 4 is 16.0 Å². The van der Waals surface area contributed by atoms with Crippen LogP contribution in [0.1, 0.15) is 37.0 Å². The second kappa shape index (κ2) is 6.76. The van der Waals surface area contributed by atoms with E-state index in [0.717, 1.165) is 19.4 Å². The molecule has 7 heteroatoms. The van der Waals surface area contributed by atoms with Crippen molar-refractivity contribution in [3.63, 3.8) is 0 Å². The lowest BCUT2D eigenvalue weighted by Gasteiger charge is -2.28. The van der Waals surface area contributed by atoms with E-state index >= 15 is 0 Å². The Bertz CT molecular complexity index is 625. The topological polar surface area (TPSA) is 86.7 Å². The molecule has 2 N–H and O–H groups in total.